The molecule has 3 aromatic rings. The van der Waals surface area contributed by atoms with Crippen molar-refractivity contribution < 1.29 is 9.18 Å². The molecule has 0 spiro atoms. The highest BCUT2D eigenvalue weighted by molar-refractivity contribution is 9.10. The third kappa shape index (κ3) is 5.88. The van der Waals surface area contributed by atoms with Crippen LogP contribution in [0.2, 0.25) is 0 Å². The van der Waals surface area contributed by atoms with E-state index in [9.17, 15) is 14.0 Å². The molecule has 1 aliphatic carbocycles. The van der Waals surface area contributed by atoms with Crippen LogP contribution in [0.5, 0.6) is 0 Å². The van der Waals surface area contributed by atoms with E-state index >= 15 is 0 Å². The van der Waals surface area contributed by atoms with Gasteiger partial charge in [0, 0.05) is 42.9 Å². The molecule has 1 aromatic heterocycles. The molecule has 1 unspecified atom stereocenters. The third-order valence-electron chi connectivity index (χ3n) is 7.77. The number of aryl methyl sites for hydroxylation is 1. The summed E-state index contributed by atoms with van der Waals surface area (Å²) >= 11 is 3.71. The van der Waals surface area contributed by atoms with Crippen LogP contribution in [-0.4, -0.2) is 34.5 Å². The largest absolute Gasteiger partial charge is 0.335 e. The smallest absolute Gasteiger partial charge is 0.250 e. The highest BCUT2D eigenvalue weighted by atomic mass is 79.9. The van der Waals surface area contributed by atoms with E-state index in [1.165, 1.54) is 6.07 Å². The van der Waals surface area contributed by atoms with Crippen LogP contribution in [0.4, 0.5) is 4.39 Å². The normalized spacial score (nSPS) is 19.6. The van der Waals surface area contributed by atoms with Crippen molar-refractivity contribution in [2.75, 3.05) is 13.1 Å². The van der Waals surface area contributed by atoms with Crippen molar-refractivity contribution in [2.45, 2.75) is 51.1 Å². The summed E-state index contributed by atoms with van der Waals surface area (Å²) in [5, 5.41) is 3.41. The molecule has 7 heteroatoms. The van der Waals surface area contributed by atoms with Crippen LogP contribution in [0, 0.1) is 18.7 Å². The second kappa shape index (κ2) is 10.9. The first-order valence-corrected chi connectivity index (χ1v) is 13.8. The average Bonchev–Trinajstić information content (AvgIpc) is 3.72. The Morgan fingerprint density at radius 3 is 2.68 bits per heavy atom. The number of pyridine rings is 1. The first kappa shape index (κ1) is 25.9. The first-order chi connectivity index (χ1) is 17.8. The monoisotopic (exact) mass is 565 g/mol. The Hall–Kier alpha value is -2.77. The van der Waals surface area contributed by atoms with Gasteiger partial charge in [0.15, 0.2) is 0 Å². The molecular weight excluding hydrogens is 533 g/mol. The summed E-state index contributed by atoms with van der Waals surface area (Å²) in [5.41, 5.74) is 5.14. The SMILES string of the molecule is Cc1c(Br)cc(CN(C(=O)[C@H]2CNCCC2c2ccn(C)c(=O)c2)C2CC2)cc1Cc1cccc(F)c1. The number of benzene rings is 2. The molecule has 0 radical (unpaired) electrons. The van der Waals surface area contributed by atoms with Gasteiger partial charge >= 0.3 is 0 Å². The van der Waals surface area contributed by atoms with Crippen LogP contribution >= 0.6 is 15.9 Å². The molecule has 2 atom stereocenters. The fourth-order valence-corrected chi connectivity index (χ4v) is 5.98. The Labute approximate surface area is 225 Å². The zero-order valence-electron chi connectivity index (χ0n) is 21.3. The Kier molecular flexibility index (Phi) is 7.63. The molecule has 37 heavy (non-hydrogen) atoms. The number of nitrogens with one attached hydrogen (secondary N) is 1. The van der Waals surface area contributed by atoms with Gasteiger partial charge < -0.3 is 14.8 Å². The number of aromatic nitrogens is 1. The third-order valence-corrected chi connectivity index (χ3v) is 8.60. The van der Waals surface area contributed by atoms with E-state index in [4.69, 9.17) is 0 Å². The molecule has 2 heterocycles. The van der Waals surface area contributed by atoms with Gasteiger partial charge in [0.2, 0.25) is 5.91 Å². The van der Waals surface area contributed by atoms with E-state index in [1.54, 1.807) is 36.0 Å². The fourth-order valence-electron chi connectivity index (χ4n) is 5.43. The maximum absolute atomic E-state index is 14.0. The van der Waals surface area contributed by atoms with Crippen molar-refractivity contribution >= 4 is 21.8 Å². The summed E-state index contributed by atoms with van der Waals surface area (Å²) in [6, 6.07) is 14.9. The second-order valence-corrected chi connectivity index (χ2v) is 11.3. The van der Waals surface area contributed by atoms with Gasteiger partial charge in [-0.1, -0.05) is 34.1 Å². The number of hydrogen-bond acceptors (Lipinski definition) is 3. The lowest BCUT2D eigenvalue weighted by atomic mass is 9.80. The van der Waals surface area contributed by atoms with E-state index in [2.05, 4.69) is 45.2 Å². The lowest BCUT2D eigenvalue weighted by molar-refractivity contribution is -0.138. The predicted octanol–water partition coefficient (Wildman–Crippen LogP) is 5.07. The Bertz CT molecular complexity index is 1370. The van der Waals surface area contributed by atoms with E-state index < -0.39 is 0 Å². The van der Waals surface area contributed by atoms with Crippen LogP contribution < -0.4 is 10.9 Å². The van der Waals surface area contributed by atoms with Crippen molar-refractivity contribution in [2.24, 2.45) is 13.0 Å². The Morgan fingerprint density at radius 2 is 1.95 bits per heavy atom. The number of nitrogens with zero attached hydrogens (tertiary/aromatic N) is 2. The summed E-state index contributed by atoms with van der Waals surface area (Å²) < 4.78 is 16.3. The summed E-state index contributed by atoms with van der Waals surface area (Å²) in [6.45, 7) is 4.05. The van der Waals surface area contributed by atoms with E-state index in [1.807, 2.05) is 12.1 Å². The van der Waals surface area contributed by atoms with Gasteiger partial charge in [-0.2, -0.15) is 0 Å². The highest BCUT2D eigenvalue weighted by Gasteiger charge is 2.40. The van der Waals surface area contributed by atoms with Gasteiger partial charge in [-0.25, -0.2) is 4.39 Å². The molecule has 5 nitrogen and oxygen atoms in total. The molecule has 1 saturated carbocycles. The summed E-state index contributed by atoms with van der Waals surface area (Å²) in [5.74, 6) is -0.258. The Morgan fingerprint density at radius 1 is 1.14 bits per heavy atom. The van der Waals surface area contributed by atoms with Gasteiger partial charge in [-0.05, 0) is 97.2 Å². The Balaban J connectivity index is 1.40. The first-order valence-electron chi connectivity index (χ1n) is 13.0. The molecule has 2 aromatic carbocycles. The van der Waals surface area contributed by atoms with Crippen LogP contribution in [0.25, 0.3) is 0 Å². The van der Waals surface area contributed by atoms with Crippen LogP contribution in [-0.2, 0) is 24.8 Å². The van der Waals surface area contributed by atoms with E-state index in [0.717, 1.165) is 58.1 Å². The van der Waals surface area contributed by atoms with Gasteiger partial charge in [-0.3, -0.25) is 9.59 Å². The van der Waals surface area contributed by atoms with Crippen molar-refractivity contribution in [3.8, 4) is 0 Å². The lowest BCUT2D eigenvalue weighted by Gasteiger charge is -2.36. The number of carbonyl (C=O) groups is 1. The van der Waals surface area contributed by atoms with Crippen molar-refractivity contribution in [1.29, 1.82) is 0 Å². The molecule has 2 fully saturated rings. The molecule has 1 saturated heterocycles. The van der Waals surface area contributed by atoms with Crippen molar-refractivity contribution in [3.63, 3.8) is 0 Å². The summed E-state index contributed by atoms with van der Waals surface area (Å²) in [4.78, 5) is 28.4. The quantitative estimate of drug-likeness (QED) is 0.435. The number of rotatable bonds is 7. The van der Waals surface area contributed by atoms with E-state index in [-0.39, 0.29) is 35.2 Å². The molecular formula is C30H33BrFN3O2. The number of amides is 1. The van der Waals surface area contributed by atoms with Crippen LogP contribution in [0.15, 0.2) is 64.0 Å². The topological polar surface area (TPSA) is 54.3 Å². The number of piperidine rings is 1. The molecule has 1 amide bonds. The molecule has 1 N–H and O–H groups in total. The molecule has 5 rings (SSSR count). The maximum Gasteiger partial charge on any atom is 0.250 e. The number of hydrogen-bond donors (Lipinski definition) is 1. The zero-order chi connectivity index (χ0) is 26.1. The predicted molar refractivity (Wildman–Crippen MR) is 147 cm³/mol. The van der Waals surface area contributed by atoms with Gasteiger partial charge in [0.05, 0.1) is 5.92 Å². The molecule has 1 aliphatic heterocycles. The lowest BCUT2D eigenvalue weighted by Crippen LogP contribution is -2.47. The number of halogens is 2. The van der Waals surface area contributed by atoms with Crippen molar-refractivity contribution in [3.05, 3.63) is 103 Å². The van der Waals surface area contributed by atoms with Gasteiger partial charge in [0.1, 0.15) is 5.82 Å². The van der Waals surface area contributed by atoms with E-state index in [0.29, 0.717) is 19.5 Å². The minimum absolute atomic E-state index is 0.0252. The maximum atomic E-state index is 14.0. The molecule has 0 bridgehead atoms. The zero-order valence-corrected chi connectivity index (χ0v) is 22.9. The van der Waals surface area contributed by atoms with Crippen molar-refractivity contribution in [1.82, 2.24) is 14.8 Å². The van der Waals surface area contributed by atoms with Gasteiger partial charge in [0.25, 0.3) is 5.56 Å². The average molecular weight is 567 g/mol. The second-order valence-electron chi connectivity index (χ2n) is 10.5. The minimum atomic E-state index is -0.234. The highest BCUT2D eigenvalue weighted by Crippen LogP contribution is 2.36. The number of carbonyl (C=O) groups excluding carboxylic acids is 1. The molecule has 2 aliphatic rings. The van der Waals surface area contributed by atoms with Crippen LogP contribution in [0.1, 0.15) is 53.0 Å². The van der Waals surface area contributed by atoms with Crippen LogP contribution in [0.3, 0.4) is 0 Å². The summed E-state index contributed by atoms with van der Waals surface area (Å²) in [7, 11) is 1.74. The fraction of sp³-hybridized carbons (Fsp3) is 0.400. The standard InChI is InChI=1S/C30H33BrFN3O2/c1-19-23(12-20-4-3-5-24(32)14-20)13-21(15-28(19)31)18-35(25-6-7-25)30(37)27-17-33-10-8-26(27)22-9-11-34(2)29(36)16-22/h3-5,9,11,13-16,25-27,33H,6-8,10,12,17-18H2,1-2H3/t26?,27-/m0/s1. The minimum Gasteiger partial charge on any atom is -0.335 e. The van der Waals surface area contributed by atoms with Gasteiger partial charge in [-0.15, -0.1) is 0 Å². The molecule has 194 valence electrons. The summed E-state index contributed by atoms with van der Waals surface area (Å²) in [6.07, 6.45) is 5.29.